The number of hydrogen-bond acceptors (Lipinski definition) is 4. The zero-order valence-corrected chi connectivity index (χ0v) is 11.7. The Morgan fingerprint density at radius 2 is 1.95 bits per heavy atom. The zero-order valence-electron chi connectivity index (χ0n) is 11.7. The zero-order chi connectivity index (χ0) is 16.0. The Morgan fingerprint density at radius 1 is 1.32 bits per heavy atom. The van der Waals surface area contributed by atoms with Gasteiger partial charge in [0.15, 0.2) is 0 Å². The van der Waals surface area contributed by atoms with Gasteiger partial charge in [-0.25, -0.2) is 9.78 Å². The maximum Gasteiger partial charge on any atom is 0.417 e. The normalized spacial score (nSPS) is 20.8. The van der Waals surface area contributed by atoms with E-state index in [2.05, 4.69) is 4.98 Å². The molecule has 2 saturated heterocycles. The van der Waals surface area contributed by atoms with Crippen LogP contribution < -0.4 is 4.90 Å². The number of rotatable bonds is 2. The molecule has 1 aromatic rings. The molecule has 0 bridgehead atoms. The number of ether oxygens (including phenoxy) is 1. The van der Waals surface area contributed by atoms with Crippen molar-refractivity contribution < 1.29 is 27.8 Å². The Hall–Kier alpha value is -1.83. The summed E-state index contributed by atoms with van der Waals surface area (Å²) in [7, 11) is 0. The summed E-state index contributed by atoms with van der Waals surface area (Å²) in [6, 6.07) is 0.652. The molecule has 22 heavy (non-hydrogen) atoms. The van der Waals surface area contributed by atoms with Gasteiger partial charge in [-0.3, -0.25) is 0 Å². The SMILES string of the molecule is O=C(O)c1cc(C(F)(F)F)cnc1N1CC2(CCOCC2)C1. The molecule has 1 N–H and O–H groups in total. The summed E-state index contributed by atoms with van der Waals surface area (Å²) in [6.07, 6.45) is -2.15. The fourth-order valence-corrected chi connectivity index (χ4v) is 3.06. The number of carboxylic acids is 1. The van der Waals surface area contributed by atoms with Gasteiger partial charge in [0, 0.05) is 37.9 Å². The number of alkyl halides is 3. The number of aromatic carboxylic acids is 1. The molecule has 5 nitrogen and oxygen atoms in total. The molecule has 1 aromatic heterocycles. The van der Waals surface area contributed by atoms with Crippen molar-refractivity contribution in [2.75, 3.05) is 31.2 Å². The molecule has 3 heterocycles. The van der Waals surface area contributed by atoms with Crippen LogP contribution in [0.1, 0.15) is 28.8 Å². The molecule has 0 unspecified atom stereocenters. The molecule has 2 fully saturated rings. The number of halogens is 3. The van der Waals surface area contributed by atoms with E-state index in [1.807, 2.05) is 0 Å². The van der Waals surface area contributed by atoms with Gasteiger partial charge in [0.2, 0.25) is 0 Å². The van der Waals surface area contributed by atoms with Gasteiger partial charge in [-0.05, 0) is 18.9 Å². The van der Waals surface area contributed by atoms with Crippen LogP contribution in [0.25, 0.3) is 0 Å². The minimum absolute atomic E-state index is 0.0817. The van der Waals surface area contributed by atoms with Gasteiger partial charge in [0.05, 0.1) is 5.56 Å². The molecule has 0 aliphatic carbocycles. The molecule has 2 aliphatic rings. The number of pyridine rings is 1. The van der Waals surface area contributed by atoms with E-state index in [0.29, 0.717) is 38.6 Å². The first-order chi connectivity index (χ1) is 10.3. The van der Waals surface area contributed by atoms with Gasteiger partial charge >= 0.3 is 12.1 Å². The number of carbonyl (C=O) groups is 1. The third kappa shape index (κ3) is 2.63. The Morgan fingerprint density at radius 3 is 2.50 bits per heavy atom. The number of nitrogens with zero attached hydrogens (tertiary/aromatic N) is 2. The van der Waals surface area contributed by atoms with Crippen LogP contribution in [0, 0.1) is 5.41 Å². The van der Waals surface area contributed by atoms with E-state index in [1.54, 1.807) is 4.90 Å². The second kappa shape index (κ2) is 5.12. The quantitative estimate of drug-likeness (QED) is 0.908. The van der Waals surface area contributed by atoms with Gasteiger partial charge < -0.3 is 14.7 Å². The summed E-state index contributed by atoms with van der Waals surface area (Å²) >= 11 is 0. The van der Waals surface area contributed by atoms with Crippen LogP contribution in [-0.4, -0.2) is 42.4 Å². The largest absolute Gasteiger partial charge is 0.478 e. The number of anilines is 1. The van der Waals surface area contributed by atoms with Gasteiger partial charge in [-0.15, -0.1) is 0 Å². The molecule has 0 amide bonds. The lowest BCUT2D eigenvalue weighted by atomic mass is 9.73. The fraction of sp³-hybridized carbons (Fsp3) is 0.571. The summed E-state index contributed by atoms with van der Waals surface area (Å²) in [6.45, 7) is 2.55. The summed E-state index contributed by atoms with van der Waals surface area (Å²) in [5.41, 5.74) is -1.37. The molecule has 0 aromatic carbocycles. The molecule has 8 heteroatoms. The molecule has 2 aliphatic heterocycles. The predicted octanol–water partition coefficient (Wildman–Crippen LogP) is 2.42. The second-order valence-corrected chi connectivity index (χ2v) is 5.87. The van der Waals surface area contributed by atoms with Crippen LogP contribution >= 0.6 is 0 Å². The van der Waals surface area contributed by atoms with Gasteiger partial charge in [-0.2, -0.15) is 13.2 Å². The highest BCUT2D eigenvalue weighted by Gasteiger charge is 2.45. The fourth-order valence-electron chi connectivity index (χ4n) is 3.06. The first kappa shape index (κ1) is 15.1. The number of carboxylic acid groups (broad SMARTS) is 1. The highest BCUT2D eigenvalue weighted by atomic mass is 19.4. The van der Waals surface area contributed by atoms with E-state index < -0.39 is 23.3 Å². The van der Waals surface area contributed by atoms with Crippen LogP contribution in [0.15, 0.2) is 12.3 Å². The van der Waals surface area contributed by atoms with Crippen molar-refractivity contribution >= 4 is 11.8 Å². The van der Waals surface area contributed by atoms with Crippen LogP contribution in [0.2, 0.25) is 0 Å². The first-order valence-corrected chi connectivity index (χ1v) is 6.94. The lowest BCUT2D eigenvalue weighted by Crippen LogP contribution is -2.59. The van der Waals surface area contributed by atoms with E-state index in [9.17, 15) is 23.1 Å². The van der Waals surface area contributed by atoms with Gasteiger partial charge in [0.25, 0.3) is 0 Å². The average Bonchev–Trinajstić information content (AvgIpc) is 2.44. The first-order valence-electron chi connectivity index (χ1n) is 6.94. The van der Waals surface area contributed by atoms with Crippen molar-refractivity contribution in [2.24, 2.45) is 5.41 Å². The minimum Gasteiger partial charge on any atom is -0.478 e. The molecule has 0 saturated carbocycles. The Kier molecular flexibility index (Phi) is 3.51. The molecular weight excluding hydrogens is 301 g/mol. The van der Waals surface area contributed by atoms with Crippen LogP contribution in [-0.2, 0) is 10.9 Å². The second-order valence-electron chi connectivity index (χ2n) is 5.87. The Balaban J connectivity index is 1.84. The van der Waals surface area contributed by atoms with E-state index in [4.69, 9.17) is 4.74 Å². The molecule has 3 rings (SSSR count). The predicted molar refractivity (Wildman–Crippen MR) is 70.9 cm³/mol. The topological polar surface area (TPSA) is 62.7 Å². The molecule has 0 atom stereocenters. The number of hydrogen-bond donors (Lipinski definition) is 1. The van der Waals surface area contributed by atoms with Crippen molar-refractivity contribution in [3.8, 4) is 0 Å². The highest BCUT2D eigenvalue weighted by Crippen LogP contribution is 2.43. The third-order valence-electron chi connectivity index (χ3n) is 4.33. The lowest BCUT2D eigenvalue weighted by molar-refractivity contribution is -0.137. The summed E-state index contributed by atoms with van der Waals surface area (Å²) in [4.78, 5) is 16.8. The molecule has 0 radical (unpaired) electrons. The smallest absolute Gasteiger partial charge is 0.417 e. The summed E-state index contributed by atoms with van der Waals surface area (Å²) in [5, 5.41) is 9.17. The van der Waals surface area contributed by atoms with Crippen molar-refractivity contribution in [1.29, 1.82) is 0 Å². The minimum atomic E-state index is -4.60. The van der Waals surface area contributed by atoms with E-state index >= 15 is 0 Å². The number of aromatic nitrogens is 1. The highest BCUT2D eigenvalue weighted by molar-refractivity contribution is 5.93. The van der Waals surface area contributed by atoms with Crippen LogP contribution in [0.5, 0.6) is 0 Å². The van der Waals surface area contributed by atoms with Crippen molar-refractivity contribution in [2.45, 2.75) is 19.0 Å². The Bertz CT molecular complexity index is 589. The molecular formula is C14H15F3N2O3. The third-order valence-corrected chi connectivity index (χ3v) is 4.33. The summed E-state index contributed by atoms with van der Waals surface area (Å²) < 4.78 is 43.4. The lowest BCUT2D eigenvalue weighted by Gasteiger charge is -2.53. The van der Waals surface area contributed by atoms with E-state index in [1.165, 1.54) is 0 Å². The van der Waals surface area contributed by atoms with Gasteiger partial charge in [-0.1, -0.05) is 0 Å². The van der Waals surface area contributed by atoms with Gasteiger partial charge in [0.1, 0.15) is 11.4 Å². The van der Waals surface area contributed by atoms with E-state index in [-0.39, 0.29) is 11.2 Å². The maximum atomic E-state index is 12.7. The van der Waals surface area contributed by atoms with Crippen LogP contribution in [0.4, 0.5) is 19.0 Å². The van der Waals surface area contributed by atoms with Crippen molar-refractivity contribution in [3.05, 3.63) is 23.4 Å². The monoisotopic (exact) mass is 316 g/mol. The summed E-state index contributed by atoms with van der Waals surface area (Å²) in [5.74, 6) is -1.29. The molecule has 1 spiro atoms. The van der Waals surface area contributed by atoms with Crippen molar-refractivity contribution in [1.82, 2.24) is 4.98 Å². The van der Waals surface area contributed by atoms with Crippen molar-refractivity contribution in [3.63, 3.8) is 0 Å². The maximum absolute atomic E-state index is 12.7. The molecule has 120 valence electrons. The average molecular weight is 316 g/mol. The Labute approximate surface area is 124 Å². The van der Waals surface area contributed by atoms with E-state index in [0.717, 1.165) is 12.8 Å². The standard InChI is InChI=1S/C14H15F3N2O3/c15-14(16,17)9-5-10(12(20)21)11(18-6-9)19-7-13(8-19)1-3-22-4-2-13/h5-6H,1-4,7-8H2,(H,20,21). The van der Waals surface area contributed by atoms with Crippen LogP contribution in [0.3, 0.4) is 0 Å².